The highest BCUT2D eigenvalue weighted by Gasteiger charge is 2.15. The van der Waals surface area contributed by atoms with Crippen LogP contribution in [0.2, 0.25) is 0 Å². The minimum atomic E-state index is -1.46. The number of rotatable bonds is 5. The third kappa shape index (κ3) is 3.66. The molecule has 0 spiro atoms. The van der Waals surface area contributed by atoms with E-state index in [4.69, 9.17) is 10.2 Å². The van der Waals surface area contributed by atoms with Crippen LogP contribution in [0.3, 0.4) is 0 Å². The molecule has 0 saturated carbocycles. The summed E-state index contributed by atoms with van der Waals surface area (Å²) in [4.78, 5) is 21.0. The van der Waals surface area contributed by atoms with Crippen LogP contribution in [0.25, 0.3) is 0 Å². The van der Waals surface area contributed by atoms with E-state index in [-0.39, 0.29) is 0 Å². The van der Waals surface area contributed by atoms with Gasteiger partial charge in [-0.1, -0.05) is 18.2 Å². The lowest BCUT2D eigenvalue weighted by Crippen LogP contribution is -2.10. The lowest BCUT2D eigenvalue weighted by atomic mass is 10.3. The van der Waals surface area contributed by atoms with Crippen molar-refractivity contribution < 1.29 is 19.8 Å². The number of nitrogens with one attached hydrogen (secondary N) is 1. The minimum Gasteiger partial charge on any atom is -0.477 e. The van der Waals surface area contributed by atoms with Gasteiger partial charge in [0.2, 0.25) is 0 Å². The number of carboxylic acids is 2. The average Bonchev–Trinajstić information content (AvgIpc) is 2.24. The number of carboxylic acid groups (broad SMARTS) is 2. The van der Waals surface area contributed by atoms with Gasteiger partial charge in [0, 0.05) is 11.1 Å². The highest BCUT2D eigenvalue weighted by atomic mass is 32.2. The third-order valence-electron chi connectivity index (χ3n) is 1.59. The first-order chi connectivity index (χ1) is 7.61. The van der Waals surface area contributed by atoms with E-state index in [1.807, 2.05) is 18.2 Å². The van der Waals surface area contributed by atoms with Crippen molar-refractivity contribution in [2.45, 2.75) is 0 Å². The molecular weight excluding hydrogens is 230 g/mol. The summed E-state index contributed by atoms with van der Waals surface area (Å²) in [6.45, 7) is 0. The van der Waals surface area contributed by atoms with Gasteiger partial charge in [-0.05, 0) is 24.1 Å². The van der Waals surface area contributed by atoms with Crippen LogP contribution in [-0.4, -0.2) is 22.2 Å². The molecule has 0 heterocycles. The van der Waals surface area contributed by atoms with Crippen molar-refractivity contribution in [3.05, 3.63) is 41.3 Å². The summed E-state index contributed by atoms with van der Waals surface area (Å²) in [5, 5.41) is 18.1. The molecule has 0 aliphatic heterocycles. The van der Waals surface area contributed by atoms with E-state index in [0.29, 0.717) is 0 Å². The van der Waals surface area contributed by atoms with Crippen LogP contribution in [0.4, 0.5) is 5.69 Å². The molecular formula is C10H9NO4S. The fourth-order valence-electron chi connectivity index (χ4n) is 0.855. The van der Waals surface area contributed by atoms with Crippen molar-refractivity contribution in [1.29, 1.82) is 0 Å². The Bertz CT molecular complexity index is 400. The average molecular weight is 239 g/mol. The largest absolute Gasteiger partial charge is 0.477 e. The van der Waals surface area contributed by atoms with E-state index in [0.717, 1.165) is 23.0 Å². The van der Waals surface area contributed by atoms with Crippen LogP contribution < -0.4 is 4.72 Å². The molecule has 0 aliphatic rings. The molecule has 0 unspecified atom stereocenters. The molecule has 1 aromatic rings. The van der Waals surface area contributed by atoms with Gasteiger partial charge >= 0.3 is 11.9 Å². The van der Waals surface area contributed by atoms with Crippen LogP contribution in [-0.2, 0) is 9.59 Å². The van der Waals surface area contributed by atoms with E-state index in [1.54, 1.807) is 12.1 Å². The fraction of sp³-hybridized carbons (Fsp3) is 0. The van der Waals surface area contributed by atoms with Crippen molar-refractivity contribution in [3.8, 4) is 0 Å². The maximum atomic E-state index is 10.5. The van der Waals surface area contributed by atoms with Gasteiger partial charge in [-0.15, -0.1) is 0 Å². The molecule has 3 N–H and O–H groups in total. The second kappa shape index (κ2) is 5.82. The molecule has 6 heteroatoms. The van der Waals surface area contributed by atoms with Crippen molar-refractivity contribution in [3.63, 3.8) is 0 Å². The number of para-hydroxylation sites is 1. The molecule has 0 saturated heterocycles. The minimum absolute atomic E-state index is 0.673. The standard InChI is InChI=1S/C10H9NO4S/c12-9(13)8(10(14)15)6-16-11-7-4-2-1-3-5-7/h1-6,11H,(H,12,13)(H,14,15). The number of carbonyl (C=O) groups is 2. The highest BCUT2D eigenvalue weighted by Crippen LogP contribution is 2.14. The van der Waals surface area contributed by atoms with Gasteiger partial charge in [-0.3, -0.25) is 0 Å². The van der Waals surface area contributed by atoms with Crippen molar-refractivity contribution in [1.82, 2.24) is 0 Å². The first-order valence-corrected chi connectivity index (χ1v) is 5.12. The van der Waals surface area contributed by atoms with Gasteiger partial charge < -0.3 is 14.9 Å². The molecule has 1 aromatic carbocycles. The van der Waals surface area contributed by atoms with E-state index in [9.17, 15) is 9.59 Å². The maximum Gasteiger partial charge on any atom is 0.343 e. The van der Waals surface area contributed by atoms with Gasteiger partial charge in [-0.25, -0.2) is 9.59 Å². The highest BCUT2D eigenvalue weighted by molar-refractivity contribution is 8.03. The lowest BCUT2D eigenvalue weighted by molar-refractivity contribution is -0.140. The molecule has 1 rings (SSSR count). The van der Waals surface area contributed by atoms with Crippen molar-refractivity contribution in [2.75, 3.05) is 4.72 Å². The molecule has 0 fully saturated rings. The normalized spacial score (nSPS) is 9.25. The van der Waals surface area contributed by atoms with E-state index >= 15 is 0 Å². The molecule has 0 amide bonds. The fourth-order valence-corrected chi connectivity index (χ4v) is 1.51. The quantitative estimate of drug-likeness (QED) is 0.314. The zero-order valence-corrected chi connectivity index (χ0v) is 8.90. The van der Waals surface area contributed by atoms with Gasteiger partial charge in [0.05, 0.1) is 0 Å². The summed E-state index contributed by atoms with van der Waals surface area (Å²) in [5.74, 6) is -2.93. The topological polar surface area (TPSA) is 86.6 Å². The predicted octanol–water partition coefficient (Wildman–Crippen LogP) is 1.80. The van der Waals surface area contributed by atoms with Gasteiger partial charge in [0.15, 0.2) is 5.57 Å². The molecule has 16 heavy (non-hydrogen) atoms. The molecule has 0 atom stereocenters. The lowest BCUT2D eigenvalue weighted by Gasteiger charge is -2.01. The number of aliphatic carboxylic acids is 2. The van der Waals surface area contributed by atoms with Crippen LogP contribution in [0.15, 0.2) is 41.3 Å². The zero-order chi connectivity index (χ0) is 12.0. The maximum absolute atomic E-state index is 10.5. The van der Waals surface area contributed by atoms with Crippen LogP contribution >= 0.6 is 11.9 Å². The molecule has 0 aromatic heterocycles. The smallest absolute Gasteiger partial charge is 0.343 e. The van der Waals surface area contributed by atoms with Crippen LogP contribution in [0.1, 0.15) is 0 Å². The van der Waals surface area contributed by atoms with Gasteiger partial charge in [0.1, 0.15) is 0 Å². The second-order valence-corrected chi connectivity index (χ2v) is 3.40. The first-order valence-electron chi connectivity index (χ1n) is 4.24. The second-order valence-electron chi connectivity index (χ2n) is 2.73. The number of benzene rings is 1. The van der Waals surface area contributed by atoms with Crippen LogP contribution in [0.5, 0.6) is 0 Å². The van der Waals surface area contributed by atoms with Gasteiger partial charge in [-0.2, -0.15) is 0 Å². The van der Waals surface area contributed by atoms with Crippen molar-refractivity contribution >= 4 is 29.6 Å². The molecule has 84 valence electrons. The Balaban J connectivity index is 2.59. The number of hydrogen-bond donors (Lipinski definition) is 3. The number of hydrogen-bond acceptors (Lipinski definition) is 4. The molecule has 0 radical (unpaired) electrons. The number of anilines is 1. The monoisotopic (exact) mass is 239 g/mol. The Hall–Kier alpha value is -1.95. The summed E-state index contributed by atoms with van der Waals surface area (Å²) in [5.41, 5.74) is 0.0901. The molecule has 0 aliphatic carbocycles. The Labute approximate surface area is 95.9 Å². The Morgan fingerprint density at radius 3 is 2.19 bits per heavy atom. The Morgan fingerprint density at radius 1 is 1.12 bits per heavy atom. The van der Waals surface area contributed by atoms with Crippen molar-refractivity contribution in [2.24, 2.45) is 0 Å². The predicted molar refractivity (Wildman–Crippen MR) is 61.0 cm³/mol. The first kappa shape index (κ1) is 12.1. The summed E-state index contributed by atoms with van der Waals surface area (Å²) in [6.07, 6.45) is 0. The van der Waals surface area contributed by atoms with Gasteiger partial charge in [0.25, 0.3) is 0 Å². The summed E-state index contributed by atoms with van der Waals surface area (Å²) in [6, 6.07) is 9.01. The Morgan fingerprint density at radius 2 is 1.69 bits per heavy atom. The SMILES string of the molecule is O=C(O)C(=CSNc1ccccc1)C(=O)O. The summed E-state index contributed by atoms with van der Waals surface area (Å²) >= 11 is 0.897. The summed E-state index contributed by atoms with van der Waals surface area (Å²) in [7, 11) is 0. The zero-order valence-electron chi connectivity index (χ0n) is 8.08. The Kier molecular flexibility index (Phi) is 4.41. The van der Waals surface area contributed by atoms with E-state index in [1.165, 1.54) is 0 Å². The molecule has 5 nitrogen and oxygen atoms in total. The van der Waals surface area contributed by atoms with E-state index < -0.39 is 17.5 Å². The molecule has 0 bridgehead atoms. The van der Waals surface area contributed by atoms with Crippen LogP contribution in [0, 0.1) is 0 Å². The van der Waals surface area contributed by atoms with E-state index in [2.05, 4.69) is 4.72 Å². The third-order valence-corrected chi connectivity index (χ3v) is 2.30. The summed E-state index contributed by atoms with van der Waals surface area (Å²) < 4.78 is 2.80.